The average molecular weight is 237 g/mol. The summed E-state index contributed by atoms with van der Waals surface area (Å²) in [6.07, 6.45) is 6.17. The fraction of sp³-hybridized carbons (Fsp3) is 0.412. The van der Waals surface area contributed by atoms with E-state index in [0.717, 1.165) is 0 Å². The smallest absolute Gasteiger partial charge is 0.0483 e. The van der Waals surface area contributed by atoms with Gasteiger partial charge in [-0.15, -0.1) is 0 Å². The van der Waals surface area contributed by atoms with Crippen molar-refractivity contribution in [3.8, 4) is 0 Å². The number of aromatic nitrogens is 1. The van der Waals surface area contributed by atoms with Crippen LogP contribution >= 0.6 is 0 Å². The third kappa shape index (κ3) is 1.04. The molecule has 1 heterocycles. The lowest BCUT2D eigenvalue weighted by molar-refractivity contribution is 0.340. The molecule has 1 nitrogen and oxygen atoms in total. The molecule has 2 aromatic rings. The van der Waals surface area contributed by atoms with E-state index in [1.165, 1.54) is 17.3 Å². The summed E-state index contributed by atoms with van der Waals surface area (Å²) in [6.45, 7) is 4.82. The van der Waals surface area contributed by atoms with Gasteiger partial charge in [-0.3, -0.25) is 0 Å². The van der Waals surface area contributed by atoms with Gasteiger partial charge in [-0.25, -0.2) is 0 Å². The number of aryl methyl sites for hydroxylation is 1. The van der Waals surface area contributed by atoms with Gasteiger partial charge in [0.25, 0.3) is 0 Å². The normalized spacial score (nSPS) is 27.7. The van der Waals surface area contributed by atoms with E-state index in [1.54, 1.807) is 11.3 Å². The molecule has 0 amide bonds. The van der Waals surface area contributed by atoms with E-state index >= 15 is 0 Å². The molecule has 0 spiro atoms. The minimum absolute atomic E-state index is 0.264. The number of allylic oxidation sites excluding steroid dienone is 2. The van der Waals surface area contributed by atoms with E-state index in [2.05, 4.69) is 61.9 Å². The lowest BCUT2D eigenvalue weighted by Gasteiger charge is -2.37. The monoisotopic (exact) mass is 237 g/mol. The summed E-state index contributed by atoms with van der Waals surface area (Å²) in [5.74, 6) is 1.34. The highest BCUT2D eigenvalue weighted by atomic mass is 15.0. The number of hydrogen-bond acceptors (Lipinski definition) is 0. The average Bonchev–Trinajstić information content (AvgIpc) is 2.91. The standard InChI is InChI=1S/C17H19N/c1-17(2)12-9-8-11(10-12)16-15(17)13-6-4-5-7-14(13)18(16)3/h4-9,11-12H,10H2,1-3H3/t11-,12+/m0/s1. The van der Waals surface area contributed by atoms with Crippen LogP contribution in [0.1, 0.15) is 37.4 Å². The molecule has 1 aromatic heterocycles. The lowest BCUT2D eigenvalue weighted by Crippen LogP contribution is -2.31. The Morgan fingerprint density at radius 2 is 1.94 bits per heavy atom. The molecule has 92 valence electrons. The van der Waals surface area contributed by atoms with Gasteiger partial charge < -0.3 is 4.57 Å². The predicted molar refractivity (Wildman–Crippen MR) is 75.9 cm³/mol. The van der Waals surface area contributed by atoms with Crippen LogP contribution in [0.5, 0.6) is 0 Å². The van der Waals surface area contributed by atoms with Crippen molar-refractivity contribution in [3.63, 3.8) is 0 Å². The van der Waals surface area contributed by atoms with Crippen molar-refractivity contribution in [1.29, 1.82) is 0 Å². The molecule has 0 N–H and O–H groups in total. The van der Waals surface area contributed by atoms with Crippen LogP contribution in [0, 0.1) is 5.92 Å². The van der Waals surface area contributed by atoms with Crippen molar-refractivity contribution in [2.75, 3.05) is 0 Å². The van der Waals surface area contributed by atoms with Crippen LogP contribution in [0.25, 0.3) is 10.9 Å². The summed E-state index contributed by atoms with van der Waals surface area (Å²) in [7, 11) is 2.23. The van der Waals surface area contributed by atoms with E-state index in [-0.39, 0.29) is 5.41 Å². The van der Waals surface area contributed by atoms with Crippen molar-refractivity contribution in [2.45, 2.75) is 31.6 Å². The second-order valence-corrected chi connectivity index (χ2v) is 6.39. The number of fused-ring (bicyclic) bond motifs is 6. The Balaban J connectivity index is 2.18. The molecule has 4 rings (SSSR count). The largest absolute Gasteiger partial charge is 0.347 e. The van der Waals surface area contributed by atoms with Crippen LogP contribution in [-0.2, 0) is 12.5 Å². The van der Waals surface area contributed by atoms with Crippen molar-refractivity contribution in [2.24, 2.45) is 13.0 Å². The Hall–Kier alpha value is -1.50. The van der Waals surface area contributed by atoms with Crippen LogP contribution in [-0.4, -0.2) is 4.57 Å². The van der Waals surface area contributed by atoms with E-state index in [1.807, 2.05) is 0 Å². The highest BCUT2D eigenvalue weighted by Crippen LogP contribution is 2.54. The van der Waals surface area contributed by atoms with Crippen LogP contribution in [0.4, 0.5) is 0 Å². The van der Waals surface area contributed by atoms with Gasteiger partial charge in [-0.2, -0.15) is 0 Å². The van der Waals surface area contributed by atoms with Gasteiger partial charge in [0.1, 0.15) is 0 Å². The zero-order chi connectivity index (χ0) is 12.5. The highest BCUT2D eigenvalue weighted by Gasteiger charge is 2.44. The lowest BCUT2D eigenvalue weighted by atomic mass is 9.67. The van der Waals surface area contributed by atoms with E-state index in [9.17, 15) is 0 Å². The molecule has 0 fully saturated rings. The quantitative estimate of drug-likeness (QED) is 0.607. The molecule has 2 aliphatic rings. The first-order valence-electron chi connectivity index (χ1n) is 6.87. The van der Waals surface area contributed by atoms with Gasteiger partial charge >= 0.3 is 0 Å². The number of nitrogens with zero attached hydrogens (tertiary/aromatic N) is 1. The molecule has 2 aliphatic carbocycles. The second kappa shape index (κ2) is 3.09. The van der Waals surface area contributed by atoms with Gasteiger partial charge in [0.05, 0.1) is 0 Å². The minimum Gasteiger partial charge on any atom is -0.347 e. The van der Waals surface area contributed by atoms with Gasteiger partial charge in [-0.05, 0) is 29.4 Å². The van der Waals surface area contributed by atoms with Gasteiger partial charge in [0.15, 0.2) is 0 Å². The van der Waals surface area contributed by atoms with Crippen molar-refractivity contribution < 1.29 is 0 Å². The zero-order valence-corrected chi connectivity index (χ0v) is 11.3. The molecular weight excluding hydrogens is 218 g/mol. The summed E-state index contributed by atoms with van der Waals surface area (Å²) < 4.78 is 2.42. The van der Waals surface area contributed by atoms with Crippen molar-refractivity contribution in [3.05, 3.63) is 47.7 Å². The number of para-hydroxylation sites is 1. The van der Waals surface area contributed by atoms with Crippen molar-refractivity contribution >= 4 is 10.9 Å². The first-order chi connectivity index (χ1) is 8.60. The van der Waals surface area contributed by atoms with E-state index < -0.39 is 0 Å². The van der Waals surface area contributed by atoms with E-state index in [0.29, 0.717) is 11.8 Å². The summed E-state index contributed by atoms with van der Waals surface area (Å²) in [4.78, 5) is 0. The first-order valence-corrected chi connectivity index (χ1v) is 6.87. The van der Waals surface area contributed by atoms with E-state index in [4.69, 9.17) is 0 Å². The second-order valence-electron chi connectivity index (χ2n) is 6.39. The third-order valence-corrected chi connectivity index (χ3v) is 5.16. The fourth-order valence-electron chi connectivity index (χ4n) is 4.15. The van der Waals surface area contributed by atoms with Crippen LogP contribution in [0.15, 0.2) is 36.4 Å². The Kier molecular flexibility index (Phi) is 1.79. The van der Waals surface area contributed by atoms with Crippen molar-refractivity contribution in [1.82, 2.24) is 4.57 Å². The molecule has 18 heavy (non-hydrogen) atoms. The minimum atomic E-state index is 0.264. The summed E-state index contributed by atoms with van der Waals surface area (Å²) in [6, 6.07) is 8.86. The molecular formula is C17H19N. The topological polar surface area (TPSA) is 4.93 Å². The molecule has 1 heteroatoms. The maximum Gasteiger partial charge on any atom is 0.0483 e. The van der Waals surface area contributed by atoms with Gasteiger partial charge in [0.2, 0.25) is 0 Å². The summed E-state index contributed by atoms with van der Waals surface area (Å²) in [5, 5.41) is 1.46. The third-order valence-electron chi connectivity index (χ3n) is 5.16. The van der Waals surface area contributed by atoms with Gasteiger partial charge in [0, 0.05) is 29.6 Å². The Labute approximate surface area is 108 Å². The number of benzene rings is 1. The fourth-order valence-corrected chi connectivity index (χ4v) is 4.15. The molecule has 0 saturated heterocycles. The maximum atomic E-state index is 2.44. The first kappa shape index (κ1) is 10.4. The molecule has 0 aliphatic heterocycles. The predicted octanol–water partition coefficient (Wildman–Crippen LogP) is 4.13. The Bertz CT molecular complexity index is 672. The highest BCUT2D eigenvalue weighted by molar-refractivity contribution is 5.87. The molecule has 2 atom stereocenters. The SMILES string of the molecule is Cn1c2c(c3ccccc31)C(C)(C)[C@@H]1C=C[C@H]2C1. The molecule has 0 unspecified atom stereocenters. The zero-order valence-electron chi connectivity index (χ0n) is 11.3. The Morgan fingerprint density at radius 1 is 1.17 bits per heavy atom. The number of rotatable bonds is 0. The van der Waals surface area contributed by atoms with Gasteiger partial charge in [-0.1, -0.05) is 44.2 Å². The molecule has 0 saturated carbocycles. The van der Waals surface area contributed by atoms with Crippen LogP contribution in [0.3, 0.4) is 0 Å². The molecule has 2 bridgehead atoms. The summed E-state index contributed by atoms with van der Waals surface area (Å²) >= 11 is 0. The van der Waals surface area contributed by atoms with Crippen LogP contribution in [0.2, 0.25) is 0 Å². The Morgan fingerprint density at radius 3 is 2.78 bits per heavy atom. The summed E-state index contributed by atoms with van der Waals surface area (Å²) in [5.41, 5.74) is 4.79. The number of hydrogen-bond donors (Lipinski definition) is 0. The van der Waals surface area contributed by atoms with Crippen LogP contribution < -0.4 is 0 Å². The maximum absolute atomic E-state index is 2.44. The molecule has 1 aromatic carbocycles. The molecule has 0 radical (unpaired) electrons.